The van der Waals surface area contributed by atoms with Crippen LogP contribution in [0.4, 0.5) is 0 Å². The highest BCUT2D eigenvalue weighted by atomic mass is 31.1. The Bertz CT molecular complexity index is 2750. The molecule has 1 saturated heterocycles. The van der Waals surface area contributed by atoms with Gasteiger partial charge in [-0.25, -0.2) is 0 Å². The minimum atomic E-state index is -2.03. The number of fused-ring (bicyclic) bond motifs is 6. The van der Waals surface area contributed by atoms with Crippen molar-refractivity contribution < 1.29 is 35.3 Å². The van der Waals surface area contributed by atoms with Crippen molar-refractivity contribution in [3.8, 4) is 0 Å². The molecule has 0 N–H and O–H groups in total. The van der Waals surface area contributed by atoms with Crippen molar-refractivity contribution in [2.75, 3.05) is 19.8 Å². The van der Waals surface area contributed by atoms with Crippen molar-refractivity contribution >= 4 is 60.4 Å². The average Bonchev–Trinajstić information content (AvgIpc) is 3.50. The van der Waals surface area contributed by atoms with Gasteiger partial charge in [0, 0.05) is 50.4 Å². The van der Waals surface area contributed by atoms with Crippen LogP contribution in [0.5, 0.6) is 0 Å². The molecule has 0 radical (unpaired) electrons. The summed E-state index contributed by atoms with van der Waals surface area (Å²) >= 11 is 0. The van der Waals surface area contributed by atoms with Crippen LogP contribution in [0.3, 0.4) is 0 Å². The molecule has 1 aliphatic rings. The first-order chi connectivity index (χ1) is 34.3. The fourth-order valence-electron chi connectivity index (χ4n) is 10.4. The van der Waals surface area contributed by atoms with E-state index in [1.165, 1.54) is 86.5 Å². The maximum atomic E-state index is 7.28. The quantitative estimate of drug-likeness (QED) is 0.0741. The molecule has 73 heavy (non-hydrogen) atoms. The predicted octanol–water partition coefficient (Wildman–Crippen LogP) is 19.7. The highest BCUT2D eigenvalue weighted by molar-refractivity contribution is 7.32. The van der Waals surface area contributed by atoms with E-state index in [-0.39, 0.29) is 34.4 Å². The number of unbranched alkanes of at least 4 members (excludes halogenated alkanes) is 11. The third-order valence-electron chi connectivity index (χ3n) is 14.5. The molecule has 1 aliphatic heterocycles. The molecule has 0 amide bonds. The van der Waals surface area contributed by atoms with Crippen molar-refractivity contribution in [3.05, 3.63) is 93.0 Å². The molecule has 0 aliphatic carbocycles. The molecule has 3 atom stereocenters. The van der Waals surface area contributed by atoms with Crippen molar-refractivity contribution in [1.82, 2.24) is 0 Å². The van der Waals surface area contributed by atoms with Gasteiger partial charge in [0.2, 0.25) is 0 Å². The van der Waals surface area contributed by atoms with Gasteiger partial charge in [0.05, 0.1) is 13.2 Å². The maximum Gasteiger partial charge on any atom is 0.387 e. The molecule has 7 rings (SSSR count). The van der Waals surface area contributed by atoms with E-state index in [4.69, 9.17) is 35.3 Å². The minimum Gasteiger partial charge on any atom is -0.399 e. The smallest absolute Gasteiger partial charge is 0.387 e. The topological polar surface area (TPSA) is 89.5 Å². The van der Waals surface area contributed by atoms with Crippen LogP contribution in [0.15, 0.2) is 65.3 Å². The Morgan fingerprint density at radius 3 is 1.12 bits per heavy atom. The molecule has 0 spiro atoms. The summed E-state index contributed by atoms with van der Waals surface area (Å²) in [7, 11) is -3.99. The van der Waals surface area contributed by atoms with E-state index >= 15 is 0 Å². The third kappa shape index (κ3) is 14.3. The lowest BCUT2D eigenvalue weighted by Gasteiger charge is -2.22. The van der Waals surface area contributed by atoms with Crippen LogP contribution in [0.1, 0.15) is 212 Å². The van der Waals surface area contributed by atoms with Crippen molar-refractivity contribution in [3.63, 3.8) is 0 Å². The normalized spacial score (nSPS) is 17.0. The second-order valence-corrected chi connectivity index (χ2v) is 27.7. The van der Waals surface area contributed by atoms with Gasteiger partial charge in [-0.2, -0.15) is 0 Å². The second-order valence-electron chi connectivity index (χ2n) is 25.6. The van der Waals surface area contributed by atoms with E-state index in [2.05, 4.69) is 166 Å². The van der Waals surface area contributed by atoms with E-state index < -0.39 is 28.7 Å². The van der Waals surface area contributed by atoms with Crippen LogP contribution in [0.2, 0.25) is 0 Å². The van der Waals surface area contributed by atoms with Gasteiger partial charge in [-0.05, 0) is 102 Å². The number of hydrogen-bond donors (Lipinski definition) is 0. The minimum absolute atomic E-state index is 0.141. The van der Waals surface area contributed by atoms with E-state index in [1.807, 2.05) is 0 Å². The lowest BCUT2D eigenvalue weighted by Crippen LogP contribution is -2.39. The van der Waals surface area contributed by atoms with Crippen LogP contribution in [0, 0.1) is 27.7 Å². The van der Waals surface area contributed by atoms with Crippen molar-refractivity contribution in [2.45, 2.75) is 235 Å². The number of benzene rings is 4. The Labute approximate surface area is 441 Å². The Hall–Kier alpha value is -3.48. The van der Waals surface area contributed by atoms with Crippen LogP contribution < -0.4 is 9.05 Å². The molecule has 6 aromatic rings. The van der Waals surface area contributed by atoms with Gasteiger partial charge in [-0.15, -0.1) is 0 Å². The first-order valence-corrected chi connectivity index (χ1v) is 30.0. The molecule has 0 unspecified atom stereocenters. The number of aryl methyl sites for hydroxylation is 4. The first-order valence-electron chi connectivity index (χ1n) is 27.8. The van der Waals surface area contributed by atoms with E-state index in [9.17, 15) is 0 Å². The molecule has 3 heterocycles. The largest absolute Gasteiger partial charge is 0.399 e. The summed E-state index contributed by atoms with van der Waals surface area (Å²) in [5.41, 5.74) is 11.4. The molecule has 0 bridgehead atoms. The number of hydrogen-bond acceptors (Lipinski definition) is 8. The Balaban J connectivity index is 1.27. The molecule has 4 aromatic carbocycles. The molecular weight excluding hydrogens is 947 g/mol. The fraction of sp³-hybridized carbons (Fsp3) is 0.619. The lowest BCUT2D eigenvalue weighted by molar-refractivity contribution is 0.00412. The number of rotatable bonds is 19. The zero-order valence-corrected chi connectivity index (χ0v) is 49.9. The third-order valence-corrected chi connectivity index (χ3v) is 16.6. The van der Waals surface area contributed by atoms with Gasteiger partial charge in [0.15, 0.2) is 0 Å². The fourth-order valence-corrected chi connectivity index (χ4v) is 12.8. The zero-order chi connectivity index (χ0) is 53.0. The van der Waals surface area contributed by atoms with Crippen LogP contribution in [-0.2, 0) is 31.1 Å². The summed E-state index contributed by atoms with van der Waals surface area (Å²) in [5, 5.41) is 4.08. The molecule has 0 saturated carbocycles. The average molecular weight is 1040 g/mol. The lowest BCUT2D eigenvalue weighted by atomic mass is 9.83. The van der Waals surface area contributed by atoms with Gasteiger partial charge >= 0.3 is 16.5 Å². The summed E-state index contributed by atoms with van der Waals surface area (Å²) < 4.78 is 56.1. The molecule has 10 heteroatoms. The van der Waals surface area contributed by atoms with Crippen LogP contribution in [-0.4, -0.2) is 38.1 Å². The Morgan fingerprint density at radius 1 is 0.452 bits per heavy atom. The summed E-state index contributed by atoms with van der Waals surface area (Å²) in [4.78, 5) is 0. The second kappa shape index (κ2) is 23.8. The Morgan fingerprint density at radius 2 is 0.781 bits per heavy atom. The summed E-state index contributed by atoms with van der Waals surface area (Å²) in [5.74, 6) is 0. The van der Waals surface area contributed by atoms with E-state index in [0.29, 0.717) is 13.2 Å². The van der Waals surface area contributed by atoms with Gasteiger partial charge in [0.1, 0.15) is 40.6 Å². The summed E-state index contributed by atoms with van der Waals surface area (Å²) in [6.45, 7) is 38.9. The molecule has 1 fully saturated rings. The SMILES string of the molecule is CCCCCCCCCCCCCCO[C@H]1CO[C@H](COp2oc3c(C(C)(C)C)cc(C)cc3c3cc(C)cc(C(C)(C)C)c3o2)[C@@H]1Op1oc2c(C(C)(C)C)cc(C)cc2c2cc(C)cc(C(C)(C)C)c2o1. The molecule has 8 nitrogen and oxygen atoms in total. The first kappa shape index (κ1) is 57.2. The van der Waals surface area contributed by atoms with Gasteiger partial charge in [0.25, 0.3) is 0 Å². The van der Waals surface area contributed by atoms with E-state index in [0.717, 1.165) is 79.0 Å². The highest BCUT2D eigenvalue weighted by Gasteiger charge is 2.42. The van der Waals surface area contributed by atoms with Crippen LogP contribution >= 0.6 is 16.5 Å². The van der Waals surface area contributed by atoms with Crippen molar-refractivity contribution in [1.29, 1.82) is 0 Å². The van der Waals surface area contributed by atoms with Gasteiger partial charge in [-0.1, -0.05) is 185 Å². The standard InChI is InChI=1S/C63H92O8P2/c1-18-19-20-21-22-23-24-25-26-27-28-29-30-64-53-39-65-54(40-66-72-67-55-45(31-41(2)35-49(55)60(6,7)8)46-32-42(3)36-50(56(46)68-72)61(9,10)11)59(53)71-73-69-57-47(33-43(4)37-51(57)62(12,13)14)48-34-44(5)38-52(58(48)70-73)63(15,16)17/h31-38,53-54,59H,18-30,39-40H2,1-17H3/t53-,54+,59+/m0/s1. The van der Waals surface area contributed by atoms with Gasteiger partial charge in [-0.3, -0.25) is 9.05 Å². The van der Waals surface area contributed by atoms with Crippen LogP contribution in [0.25, 0.3) is 43.9 Å². The monoisotopic (exact) mass is 1040 g/mol. The maximum absolute atomic E-state index is 7.28. The summed E-state index contributed by atoms with van der Waals surface area (Å²) in [6.07, 6.45) is 13.9. The number of ether oxygens (including phenoxy) is 2. The van der Waals surface area contributed by atoms with E-state index in [1.54, 1.807) is 0 Å². The van der Waals surface area contributed by atoms with Crippen molar-refractivity contribution in [2.24, 2.45) is 0 Å². The molecule has 402 valence electrons. The molecule has 2 aromatic heterocycles. The Kier molecular flexibility index (Phi) is 18.7. The highest BCUT2D eigenvalue weighted by Crippen LogP contribution is 2.46. The summed E-state index contributed by atoms with van der Waals surface area (Å²) in [6, 6.07) is 17.9. The zero-order valence-electron chi connectivity index (χ0n) is 48.1. The molecular formula is C63H92O8P2. The predicted molar refractivity (Wildman–Crippen MR) is 309 cm³/mol. The van der Waals surface area contributed by atoms with Gasteiger partial charge < -0.3 is 26.3 Å².